The molecule has 0 bridgehead atoms. The molecule has 0 aliphatic carbocycles. The van der Waals surface area contributed by atoms with E-state index in [0.717, 1.165) is 19.5 Å². The quantitative estimate of drug-likeness (QED) is 0.731. The maximum atomic E-state index is 12.1. The Balaban J connectivity index is 2.64. The molecule has 0 amide bonds. The lowest BCUT2D eigenvalue weighted by atomic mass is 9.95. The Kier molecular flexibility index (Phi) is 5.37. The molecule has 5 nitrogen and oxygen atoms in total. The summed E-state index contributed by atoms with van der Waals surface area (Å²) in [5.74, 6) is 0.346. The van der Waals surface area contributed by atoms with Crippen LogP contribution in [0.3, 0.4) is 0 Å². The molecular weight excluding hydrogens is 238 g/mol. The monoisotopic (exact) mass is 263 g/mol. The summed E-state index contributed by atoms with van der Waals surface area (Å²) in [6, 6.07) is 0.0526. The van der Waals surface area contributed by atoms with Gasteiger partial charge in [0.25, 0.3) is 0 Å². The highest BCUT2D eigenvalue weighted by molar-refractivity contribution is 7.90. The summed E-state index contributed by atoms with van der Waals surface area (Å²) in [5.41, 5.74) is 5.50. The van der Waals surface area contributed by atoms with Crippen molar-refractivity contribution in [3.05, 3.63) is 0 Å². The summed E-state index contributed by atoms with van der Waals surface area (Å²) >= 11 is 0. The second kappa shape index (κ2) is 6.13. The zero-order valence-corrected chi connectivity index (χ0v) is 11.8. The second-order valence-electron chi connectivity index (χ2n) is 5.06. The first-order valence-electron chi connectivity index (χ1n) is 6.30. The fourth-order valence-corrected chi connectivity index (χ4v) is 4.01. The minimum Gasteiger partial charge on any atom is -0.329 e. The minimum atomic E-state index is -3.27. The summed E-state index contributed by atoms with van der Waals surface area (Å²) in [5, 5.41) is -0.464. The normalized spacial score (nSPS) is 29.2. The van der Waals surface area contributed by atoms with Crippen molar-refractivity contribution in [1.29, 1.82) is 0 Å². The topological polar surface area (TPSA) is 75.4 Å². The van der Waals surface area contributed by atoms with E-state index in [1.165, 1.54) is 0 Å². The maximum absolute atomic E-state index is 12.1. The van der Waals surface area contributed by atoms with E-state index in [1.807, 2.05) is 6.92 Å². The van der Waals surface area contributed by atoms with E-state index in [9.17, 15) is 8.42 Å². The second-order valence-corrected chi connectivity index (χ2v) is 7.06. The van der Waals surface area contributed by atoms with Crippen LogP contribution in [-0.4, -0.2) is 51.3 Å². The summed E-state index contributed by atoms with van der Waals surface area (Å²) < 4.78 is 27.0. The van der Waals surface area contributed by atoms with Gasteiger partial charge in [0.2, 0.25) is 10.0 Å². The van der Waals surface area contributed by atoms with Crippen LogP contribution in [0.4, 0.5) is 0 Å². The third kappa shape index (κ3) is 3.91. The number of nitrogens with zero attached hydrogens (tertiary/aromatic N) is 1. The Hall–Kier alpha value is -0.170. The molecule has 0 spiro atoms. The molecular formula is C11H25N3O2S. The molecule has 1 saturated heterocycles. The molecule has 1 rings (SSSR count). The maximum Gasteiger partial charge on any atom is 0.215 e. The highest BCUT2D eigenvalue weighted by Crippen LogP contribution is 2.17. The van der Waals surface area contributed by atoms with Gasteiger partial charge in [0.1, 0.15) is 0 Å². The molecule has 0 aromatic carbocycles. The molecule has 0 aromatic heterocycles. The van der Waals surface area contributed by atoms with Gasteiger partial charge in [0.15, 0.2) is 0 Å². The van der Waals surface area contributed by atoms with Gasteiger partial charge in [-0.3, -0.25) is 0 Å². The Morgan fingerprint density at radius 1 is 1.53 bits per heavy atom. The number of rotatable bonds is 5. The lowest BCUT2D eigenvalue weighted by molar-refractivity contribution is 0.188. The largest absolute Gasteiger partial charge is 0.329 e. The van der Waals surface area contributed by atoms with E-state index in [0.29, 0.717) is 12.3 Å². The van der Waals surface area contributed by atoms with Crippen LogP contribution in [-0.2, 0) is 10.0 Å². The van der Waals surface area contributed by atoms with Crippen molar-refractivity contribution >= 4 is 10.0 Å². The molecule has 1 fully saturated rings. The summed E-state index contributed by atoms with van der Waals surface area (Å²) in [6.07, 6.45) is 1.44. The average Bonchev–Trinajstić information content (AvgIpc) is 2.23. The predicted octanol–water partition coefficient (Wildman–Crippen LogP) is -0.0167. The molecule has 102 valence electrons. The van der Waals surface area contributed by atoms with Gasteiger partial charge in [-0.25, -0.2) is 13.1 Å². The molecule has 1 heterocycles. The van der Waals surface area contributed by atoms with Crippen LogP contribution in [0.15, 0.2) is 0 Å². The lowest BCUT2D eigenvalue weighted by Crippen LogP contribution is -2.51. The molecule has 0 aromatic rings. The molecule has 17 heavy (non-hydrogen) atoms. The number of likely N-dealkylation sites (tertiary alicyclic amines) is 1. The highest BCUT2D eigenvalue weighted by atomic mass is 32.2. The van der Waals surface area contributed by atoms with Crippen molar-refractivity contribution in [2.24, 2.45) is 11.7 Å². The van der Waals surface area contributed by atoms with E-state index in [2.05, 4.69) is 23.6 Å². The van der Waals surface area contributed by atoms with Crippen LogP contribution in [0.1, 0.15) is 26.7 Å². The number of hydrogen-bond acceptors (Lipinski definition) is 4. The number of hydrogen-bond donors (Lipinski definition) is 2. The van der Waals surface area contributed by atoms with Gasteiger partial charge in [-0.05, 0) is 32.4 Å². The number of nitrogens with one attached hydrogen (secondary N) is 1. The summed E-state index contributed by atoms with van der Waals surface area (Å²) in [6.45, 7) is 6.01. The fraction of sp³-hybridized carbons (Fsp3) is 1.00. The van der Waals surface area contributed by atoms with E-state index >= 15 is 0 Å². The Morgan fingerprint density at radius 2 is 2.18 bits per heavy atom. The standard InChI is InChI=1S/C11H25N3O2S/c1-4-10(7-12)17(15,16)13-11-5-6-14(3)8-9(11)2/h9-11,13H,4-8,12H2,1-3H3. The van der Waals surface area contributed by atoms with Gasteiger partial charge in [0, 0.05) is 19.1 Å². The molecule has 3 unspecified atom stereocenters. The number of sulfonamides is 1. The van der Waals surface area contributed by atoms with Crippen molar-refractivity contribution in [2.75, 3.05) is 26.7 Å². The fourth-order valence-electron chi connectivity index (χ4n) is 2.35. The number of nitrogens with two attached hydrogens (primary N) is 1. The first kappa shape index (κ1) is 14.9. The predicted molar refractivity (Wildman–Crippen MR) is 70.3 cm³/mol. The summed E-state index contributed by atoms with van der Waals surface area (Å²) in [7, 11) is -1.20. The highest BCUT2D eigenvalue weighted by Gasteiger charge is 2.31. The van der Waals surface area contributed by atoms with Crippen molar-refractivity contribution in [1.82, 2.24) is 9.62 Å². The molecule has 1 aliphatic rings. The molecule has 3 atom stereocenters. The van der Waals surface area contributed by atoms with Crippen LogP contribution >= 0.6 is 0 Å². The SMILES string of the molecule is CCC(CN)S(=O)(=O)NC1CCN(C)CC1C. The average molecular weight is 263 g/mol. The Morgan fingerprint density at radius 3 is 2.65 bits per heavy atom. The van der Waals surface area contributed by atoms with Crippen molar-refractivity contribution in [2.45, 2.75) is 38.0 Å². The van der Waals surface area contributed by atoms with Crippen molar-refractivity contribution < 1.29 is 8.42 Å². The van der Waals surface area contributed by atoms with Crippen molar-refractivity contribution in [3.63, 3.8) is 0 Å². The Labute approximate surface area is 105 Å². The zero-order valence-electron chi connectivity index (χ0n) is 11.0. The van der Waals surface area contributed by atoms with Crippen LogP contribution in [0.5, 0.6) is 0 Å². The van der Waals surface area contributed by atoms with Gasteiger partial charge in [-0.15, -0.1) is 0 Å². The zero-order chi connectivity index (χ0) is 13.1. The van der Waals surface area contributed by atoms with Crippen molar-refractivity contribution in [3.8, 4) is 0 Å². The first-order chi connectivity index (χ1) is 7.90. The van der Waals surface area contributed by atoms with E-state index in [1.54, 1.807) is 0 Å². The van der Waals surface area contributed by atoms with Gasteiger partial charge in [-0.2, -0.15) is 0 Å². The van der Waals surface area contributed by atoms with Gasteiger partial charge >= 0.3 is 0 Å². The van der Waals surface area contributed by atoms with Gasteiger partial charge < -0.3 is 10.6 Å². The van der Waals surface area contributed by atoms with E-state index in [4.69, 9.17) is 5.73 Å². The van der Waals surface area contributed by atoms with E-state index < -0.39 is 15.3 Å². The lowest BCUT2D eigenvalue weighted by Gasteiger charge is -2.35. The van der Waals surface area contributed by atoms with Crippen LogP contribution in [0.25, 0.3) is 0 Å². The van der Waals surface area contributed by atoms with Crippen LogP contribution in [0.2, 0.25) is 0 Å². The van der Waals surface area contributed by atoms with Gasteiger partial charge in [-0.1, -0.05) is 13.8 Å². The third-order valence-electron chi connectivity index (χ3n) is 3.58. The molecule has 0 saturated carbocycles. The molecule has 6 heteroatoms. The summed E-state index contributed by atoms with van der Waals surface area (Å²) in [4.78, 5) is 2.23. The smallest absolute Gasteiger partial charge is 0.215 e. The molecule has 0 radical (unpaired) electrons. The van der Waals surface area contributed by atoms with Crippen LogP contribution in [0, 0.1) is 5.92 Å². The first-order valence-corrected chi connectivity index (χ1v) is 7.85. The molecule has 3 N–H and O–H groups in total. The van der Waals surface area contributed by atoms with E-state index in [-0.39, 0.29) is 12.6 Å². The Bertz CT molecular complexity index is 328. The van der Waals surface area contributed by atoms with Crippen LogP contribution < -0.4 is 10.5 Å². The minimum absolute atomic E-state index is 0.0526. The molecule has 1 aliphatic heterocycles. The number of piperidine rings is 1. The third-order valence-corrected chi connectivity index (χ3v) is 5.62. The van der Waals surface area contributed by atoms with Gasteiger partial charge in [0.05, 0.1) is 5.25 Å².